The van der Waals surface area contributed by atoms with Crippen LogP contribution in [0.5, 0.6) is 5.75 Å². The third-order valence-corrected chi connectivity index (χ3v) is 5.80. The number of rotatable bonds is 4. The first-order valence-corrected chi connectivity index (χ1v) is 9.60. The summed E-state index contributed by atoms with van der Waals surface area (Å²) in [6.45, 7) is 0.375. The van der Waals surface area contributed by atoms with Crippen molar-refractivity contribution in [2.24, 2.45) is 0 Å². The molecule has 146 valence electrons. The highest BCUT2D eigenvalue weighted by molar-refractivity contribution is 7.18. The predicted octanol–water partition coefficient (Wildman–Crippen LogP) is 2.89. The fraction of sp³-hybridized carbons (Fsp3) is 0.278. The number of nitrogens with zero attached hydrogens (tertiary/aromatic N) is 1. The van der Waals surface area contributed by atoms with E-state index in [1.807, 2.05) is 0 Å². The highest BCUT2D eigenvalue weighted by Crippen LogP contribution is 2.39. The molecule has 0 saturated carbocycles. The second-order valence-electron chi connectivity index (χ2n) is 6.20. The minimum Gasteiger partial charge on any atom is -0.489 e. The van der Waals surface area contributed by atoms with E-state index < -0.39 is 12.2 Å². The maximum Gasteiger partial charge on any atom is 0.415 e. The number of ether oxygens (including phenoxy) is 3. The Hall–Kier alpha value is -2.78. The van der Waals surface area contributed by atoms with Gasteiger partial charge in [0.1, 0.15) is 24.5 Å². The standard InChI is InChI=1S/C18H16ClN3O5S/c1-25-16(20)9-2-3-10-12(6-9)26-8-11-13(27-18(24)22(10)11)7-21-17(23)14-4-5-15(19)28-14/h2-6,11,13,20H,7-8H2,1H3,(H,21,23)/t11-,13-/m0/s1. The summed E-state index contributed by atoms with van der Waals surface area (Å²) in [4.78, 5) is 26.7. The Labute approximate surface area is 169 Å². The summed E-state index contributed by atoms with van der Waals surface area (Å²) in [6, 6.07) is 7.96. The Kier molecular flexibility index (Phi) is 4.86. The van der Waals surface area contributed by atoms with Crippen LogP contribution < -0.4 is 15.0 Å². The van der Waals surface area contributed by atoms with Gasteiger partial charge in [0, 0.05) is 5.56 Å². The largest absolute Gasteiger partial charge is 0.489 e. The molecule has 8 nitrogen and oxygen atoms in total. The lowest BCUT2D eigenvalue weighted by Gasteiger charge is -2.31. The van der Waals surface area contributed by atoms with Gasteiger partial charge in [-0.2, -0.15) is 0 Å². The SMILES string of the molecule is COC(=N)c1ccc2c(c1)OC[C@H]1[C@H](CNC(=O)c3ccc(Cl)s3)OC(=O)N21. The summed E-state index contributed by atoms with van der Waals surface area (Å²) in [5, 5.41) is 10.5. The van der Waals surface area contributed by atoms with Crippen LogP contribution in [0.15, 0.2) is 30.3 Å². The molecule has 0 unspecified atom stereocenters. The fourth-order valence-electron chi connectivity index (χ4n) is 3.18. The molecule has 3 heterocycles. The maximum atomic E-state index is 12.4. The second-order valence-corrected chi connectivity index (χ2v) is 7.92. The van der Waals surface area contributed by atoms with Crippen LogP contribution in [0.25, 0.3) is 0 Å². The minimum atomic E-state index is -0.544. The average Bonchev–Trinajstić information content (AvgIpc) is 3.28. The van der Waals surface area contributed by atoms with Gasteiger partial charge in [0.05, 0.1) is 28.6 Å². The molecular weight excluding hydrogens is 406 g/mol. The number of cyclic esters (lactones) is 1. The number of fused-ring (bicyclic) bond motifs is 3. The van der Waals surface area contributed by atoms with Crippen LogP contribution in [0, 0.1) is 5.41 Å². The Bertz CT molecular complexity index is 962. The Morgan fingerprint density at radius 2 is 2.25 bits per heavy atom. The van der Waals surface area contributed by atoms with Crippen LogP contribution in [0.1, 0.15) is 15.2 Å². The zero-order valence-electron chi connectivity index (χ0n) is 14.7. The molecular formula is C18H16ClN3O5S. The summed E-state index contributed by atoms with van der Waals surface area (Å²) in [6.07, 6.45) is -1.04. The van der Waals surface area contributed by atoms with Gasteiger partial charge in [-0.25, -0.2) is 4.79 Å². The predicted molar refractivity (Wildman–Crippen MR) is 104 cm³/mol. The maximum absolute atomic E-state index is 12.4. The first kappa shape index (κ1) is 18.6. The van der Waals surface area contributed by atoms with Crippen LogP contribution in [-0.4, -0.2) is 50.3 Å². The van der Waals surface area contributed by atoms with E-state index in [-0.39, 0.29) is 31.0 Å². The molecule has 1 aromatic heterocycles. The van der Waals surface area contributed by atoms with Gasteiger partial charge in [0.2, 0.25) is 5.90 Å². The van der Waals surface area contributed by atoms with Crippen LogP contribution in [-0.2, 0) is 9.47 Å². The lowest BCUT2D eigenvalue weighted by Crippen LogP contribution is -2.47. The number of benzene rings is 1. The van der Waals surface area contributed by atoms with Crippen molar-refractivity contribution in [3.05, 3.63) is 45.1 Å². The molecule has 1 fully saturated rings. The Balaban J connectivity index is 1.48. The van der Waals surface area contributed by atoms with Crippen molar-refractivity contribution >= 4 is 46.5 Å². The molecule has 10 heteroatoms. The van der Waals surface area contributed by atoms with Crippen molar-refractivity contribution in [1.82, 2.24) is 5.32 Å². The normalized spacial score (nSPS) is 19.9. The Morgan fingerprint density at radius 1 is 1.43 bits per heavy atom. The molecule has 4 rings (SSSR count). The van der Waals surface area contributed by atoms with Crippen molar-refractivity contribution in [2.75, 3.05) is 25.2 Å². The van der Waals surface area contributed by atoms with E-state index in [0.717, 1.165) is 0 Å². The highest BCUT2D eigenvalue weighted by atomic mass is 35.5. The first-order valence-electron chi connectivity index (χ1n) is 8.41. The zero-order valence-corrected chi connectivity index (χ0v) is 16.3. The van der Waals surface area contributed by atoms with Crippen molar-refractivity contribution in [3.63, 3.8) is 0 Å². The third-order valence-electron chi connectivity index (χ3n) is 4.57. The van der Waals surface area contributed by atoms with Crippen LogP contribution in [0.3, 0.4) is 0 Å². The molecule has 2 aliphatic heterocycles. The van der Waals surface area contributed by atoms with Crippen LogP contribution >= 0.6 is 22.9 Å². The number of halogens is 1. The molecule has 0 aliphatic carbocycles. The van der Waals surface area contributed by atoms with Crippen molar-refractivity contribution < 1.29 is 23.8 Å². The molecule has 0 bridgehead atoms. The van der Waals surface area contributed by atoms with Gasteiger partial charge in [0.25, 0.3) is 5.91 Å². The molecule has 2 N–H and O–H groups in total. The summed E-state index contributed by atoms with van der Waals surface area (Å²) < 4.78 is 16.7. The number of carbonyl (C=O) groups is 2. The molecule has 2 aliphatic rings. The number of nitrogens with one attached hydrogen (secondary N) is 2. The topological polar surface area (TPSA) is 101 Å². The van der Waals surface area contributed by atoms with Gasteiger partial charge in [-0.3, -0.25) is 15.1 Å². The molecule has 1 saturated heterocycles. The smallest absolute Gasteiger partial charge is 0.415 e. The van der Waals surface area contributed by atoms with E-state index in [0.29, 0.717) is 26.2 Å². The number of anilines is 1. The zero-order chi connectivity index (χ0) is 19.8. The van der Waals surface area contributed by atoms with E-state index in [4.69, 9.17) is 31.2 Å². The minimum absolute atomic E-state index is 0.00629. The summed E-state index contributed by atoms with van der Waals surface area (Å²) in [5.74, 6) is 0.212. The number of methoxy groups -OCH3 is 1. The van der Waals surface area contributed by atoms with Gasteiger partial charge in [-0.1, -0.05) is 11.6 Å². The van der Waals surface area contributed by atoms with Gasteiger partial charge in [-0.15, -0.1) is 11.3 Å². The summed E-state index contributed by atoms with van der Waals surface area (Å²) in [5.41, 5.74) is 1.11. The molecule has 0 spiro atoms. The van der Waals surface area contributed by atoms with Crippen LogP contribution in [0.4, 0.5) is 10.5 Å². The number of hydrogen-bond donors (Lipinski definition) is 2. The van der Waals surface area contributed by atoms with Crippen molar-refractivity contribution in [1.29, 1.82) is 5.41 Å². The van der Waals surface area contributed by atoms with Gasteiger partial charge in [0.15, 0.2) is 0 Å². The summed E-state index contributed by atoms with van der Waals surface area (Å²) in [7, 11) is 1.42. The first-order chi connectivity index (χ1) is 13.5. The van der Waals surface area contributed by atoms with Crippen LogP contribution in [0.2, 0.25) is 4.34 Å². The number of amides is 2. The van der Waals surface area contributed by atoms with Gasteiger partial charge in [-0.05, 0) is 30.3 Å². The Morgan fingerprint density at radius 3 is 2.96 bits per heavy atom. The molecule has 1 aromatic carbocycles. The van der Waals surface area contributed by atoms with E-state index in [1.54, 1.807) is 30.3 Å². The fourth-order valence-corrected chi connectivity index (χ4v) is 4.14. The molecule has 28 heavy (non-hydrogen) atoms. The molecule has 0 radical (unpaired) electrons. The van der Waals surface area contributed by atoms with Crippen molar-refractivity contribution in [2.45, 2.75) is 12.1 Å². The van der Waals surface area contributed by atoms with Gasteiger partial charge < -0.3 is 19.5 Å². The lowest BCUT2D eigenvalue weighted by atomic mass is 10.1. The lowest BCUT2D eigenvalue weighted by molar-refractivity contribution is 0.0890. The van der Waals surface area contributed by atoms with E-state index >= 15 is 0 Å². The molecule has 2 amide bonds. The third kappa shape index (κ3) is 3.27. The number of carbonyl (C=O) groups excluding carboxylic acids is 2. The highest BCUT2D eigenvalue weighted by Gasteiger charge is 2.46. The number of hydrogen-bond acceptors (Lipinski definition) is 7. The van der Waals surface area contributed by atoms with E-state index in [2.05, 4.69) is 5.32 Å². The monoisotopic (exact) mass is 421 g/mol. The van der Waals surface area contributed by atoms with E-state index in [9.17, 15) is 9.59 Å². The molecule has 2 atom stereocenters. The molecule has 2 aromatic rings. The summed E-state index contributed by atoms with van der Waals surface area (Å²) >= 11 is 7.04. The second kappa shape index (κ2) is 7.33. The van der Waals surface area contributed by atoms with Gasteiger partial charge >= 0.3 is 6.09 Å². The quantitative estimate of drug-likeness (QED) is 0.584. The van der Waals surface area contributed by atoms with Crippen molar-refractivity contribution in [3.8, 4) is 5.75 Å². The number of thiophene rings is 1. The van der Waals surface area contributed by atoms with E-state index in [1.165, 1.54) is 23.3 Å². The average molecular weight is 422 g/mol.